The first kappa shape index (κ1) is 16.0. The van der Waals surface area contributed by atoms with Crippen molar-refractivity contribution < 1.29 is 9.59 Å². The summed E-state index contributed by atoms with van der Waals surface area (Å²) in [5, 5.41) is 3.32. The van der Waals surface area contributed by atoms with Crippen LogP contribution in [-0.2, 0) is 16.0 Å². The molecule has 0 saturated carbocycles. The van der Waals surface area contributed by atoms with E-state index in [1.54, 1.807) is 16.7 Å². The summed E-state index contributed by atoms with van der Waals surface area (Å²) in [5.74, 6) is 0.568. The Morgan fingerprint density at radius 1 is 1.25 bits per heavy atom. The van der Waals surface area contributed by atoms with Crippen molar-refractivity contribution in [2.45, 2.75) is 55.6 Å². The molecule has 24 heavy (non-hydrogen) atoms. The number of rotatable bonds is 2. The molecule has 128 valence electrons. The normalized spacial score (nSPS) is 32.2. The molecule has 1 aromatic rings. The maximum Gasteiger partial charge on any atom is 0.244 e. The van der Waals surface area contributed by atoms with E-state index in [0.29, 0.717) is 5.75 Å². The van der Waals surface area contributed by atoms with Crippen LogP contribution in [0.3, 0.4) is 0 Å². The number of amides is 2. The Bertz CT molecular complexity index is 665. The zero-order valence-electron chi connectivity index (χ0n) is 13.6. The van der Waals surface area contributed by atoms with Crippen molar-refractivity contribution >= 4 is 23.6 Å². The molecule has 0 spiro atoms. The molecule has 6 heteroatoms. The number of benzene rings is 1. The van der Waals surface area contributed by atoms with E-state index in [1.807, 2.05) is 6.07 Å². The third kappa shape index (κ3) is 2.71. The number of piperidine rings is 1. The van der Waals surface area contributed by atoms with Crippen LogP contribution >= 0.6 is 11.8 Å². The fraction of sp³-hybridized carbons (Fsp3) is 0.556. The van der Waals surface area contributed by atoms with E-state index in [-0.39, 0.29) is 29.3 Å². The van der Waals surface area contributed by atoms with Gasteiger partial charge in [0.15, 0.2) is 0 Å². The molecule has 5 nitrogen and oxygen atoms in total. The zero-order chi connectivity index (χ0) is 16.7. The molecular formula is C18H23N3O2S. The molecule has 1 aromatic carbocycles. The second-order valence-corrected chi connectivity index (χ2v) is 8.10. The fourth-order valence-electron chi connectivity index (χ4n) is 4.09. The van der Waals surface area contributed by atoms with Crippen LogP contribution < -0.4 is 11.1 Å². The quantitative estimate of drug-likeness (QED) is 0.853. The standard InChI is InChI=1S/C18H23N3O2S/c19-13-8-9-16-21(18(13)23)15(10-24-16)17(22)20-14-7-3-5-11-4-1-2-6-12(11)14/h1-2,4,6,13-16H,3,5,7-10,19H2,(H,20,22). The number of hydrogen-bond donors (Lipinski definition) is 2. The third-order valence-corrected chi connectivity index (χ3v) is 6.73. The van der Waals surface area contributed by atoms with Gasteiger partial charge < -0.3 is 16.0 Å². The first-order valence-corrected chi connectivity index (χ1v) is 9.77. The molecule has 3 aliphatic rings. The molecule has 4 rings (SSSR count). The van der Waals surface area contributed by atoms with Crippen LogP contribution in [0.15, 0.2) is 24.3 Å². The molecular weight excluding hydrogens is 322 g/mol. The average Bonchev–Trinajstić information content (AvgIpc) is 3.03. The maximum atomic E-state index is 12.9. The molecule has 2 saturated heterocycles. The number of aryl methyl sites for hydroxylation is 1. The van der Waals surface area contributed by atoms with Crippen LogP contribution in [0.2, 0.25) is 0 Å². The van der Waals surface area contributed by atoms with Gasteiger partial charge in [0, 0.05) is 5.75 Å². The van der Waals surface area contributed by atoms with Gasteiger partial charge in [-0.15, -0.1) is 11.8 Å². The molecule has 4 unspecified atom stereocenters. The van der Waals surface area contributed by atoms with Crippen molar-refractivity contribution in [1.82, 2.24) is 10.2 Å². The van der Waals surface area contributed by atoms with E-state index in [9.17, 15) is 9.59 Å². The molecule has 2 aliphatic heterocycles. The lowest BCUT2D eigenvalue weighted by atomic mass is 9.87. The lowest BCUT2D eigenvalue weighted by molar-refractivity contribution is -0.143. The van der Waals surface area contributed by atoms with Gasteiger partial charge in [-0.25, -0.2) is 0 Å². The number of hydrogen-bond acceptors (Lipinski definition) is 4. The SMILES string of the molecule is NC1CCC2SCC(C(=O)NC3CCCc4ccccc43)N2C1=O. The molecule has 0 bridgehead atoms. The van der Waals surface area contributed by atoms with Gasteiger partial charge in [0.05, 0.1) is 17.5 Å². The van der Waals surface area contributed by atoms with Gasteiger partial charge >= 0.3 is 0 Å². The Morgan fingerprint density at radius 2 is 2.08 bits per heavy atom. The number of nitrogens with two attached hydrogens (primary N) is 1. The van der Waals surface area contributed by atoms with E-state index in [1.165, 1.54) is 11.1 Å². The van der Waals surface area contributed by atoms with Gasteiger partial charge in [0.1, 0.15) is 6.04 Å². The fourth-order valence-corrected chi connectivity index (χ4v) is 5.52. The second-order valence-electron chi connectivity index (χ2n) is 6.89. The summed E-state index contributed by atoms with van der Waals surface area (Å²) in [5.41, 5.74) is 8.46. The molecule has 2 heterocycles. The molecule has 3 N–H and O–H groups in total. The number of carbonyl (C=O) groups is 2. The van der Waals surface area contributed by atoms with Gasteiger partial charge in [-0.2, -0.15) is 0 Å². The molecule has 2 amide bonds. The minimum Gasteiger partial charge on any atom is -0.347 e. The van der Waals surface area contributed by atoms with Gasteiger partial charge in [-0.3, -0.25) is 9.59 Å². The Balaban J connectivity index is 1.50. The van der Waals surface area contributed by atoms with Crippen LogP contribution in [0.4, 0.5) is 0 Å². The van der Waals surface area contributed by atoms with E-state index in [4.69, 9.17) is 5.73 Å². The average molecular weight is 345 g/mol. The number of nitrogens with one attached hydrogen (secondary N) is 1. The van der Waals surface area contributed by atoms with E-state index >= 15 is 0 Å². The number of nitrogens with zero attached hydrogens (tertiary/aromatic N) is 1. The van der Waals surface area contributed by atoms with Crippen molar-refractivity contribution in [3.8, 4) is 0 Å². The predicted molar refractivity (Wildman–Crippen MR) is 94.4 cm³/mol. The first-order valence-electron chi connectivity index (χ1n) is 8.72. The highest BCUT2D eigenvalue weighted by molar-refractivity contribution is 8.00. The molecule has 1 aliphatic carbocycles. The van der Waals surface area contributed by atoms with E-state index in [0.717, 1.165) is 32.1 Å². The summed E-state index contributed by atoms with van der Waals surface area (Å²) in [7, 11) is 0. The highest BCUT2D eigenvalue weighted by atomic mass is 32.2. The Hall–Kier alpha value is -1.53. The van der Waals surface area contributed by atoms with E-state index < -0.39 is 6.04 Å². The maximum absolute atomic E-state index is 12.9. The number of carbonyl (C=O) groups excluding carboxylic acids is 2. The highest BCUT2D eigenvalue weighted by Crippen LogP contribution is 2.37. The summed E-state index contributed by atoms with van der Waals surface area (Å²) in [6.07, 6.45) is 4.71. The largest absolute Gasteiger partial charge is 0.347 e. The van der Waals surface area contributed by atoms with Gasteiger partial charge in [0.2, 0.25) is 11.8 Å². The highest BCUT2D eigenvalue weighted by Gasteiger charge is 2.46. The van der Waals surface area contributed by atoms with Crippen molar-refractivity contribution in [3.05, 3.63) is 35.4 Å². The van der Waals surface area contributed by atoms with Gasteiger partial charge in [0.25, 0.3) is 0 Å². The summed E-state index contributed by atoms with van der Waals surface area (Å²) in [6.45, 7) is 0. The van der Waals surface area contributed by atoms with Crippen LogP contribution in [0.5, 0.6) is 0 Å². The lowest BCUT2D eigenvalue weighted by Crippen LogP contribution is -2.57. The van der Waals surface area contributed by atoms with Gasteiger partial charge in [-0.1, -0.05) is 24.3 Å². The Morgan fingerprint density at radius 3 is 2.96 bits per heavy atom. The zero-order valence-corrected chi connectivity index (χ0v) is 14.4. The monoisotopic (exact) mass is 345 g/mol. The van der Waals surface area contributed by atoms with Crippen LogP contribution in [0.1, 0.15) is 42.9 Å². The van der Waals surface area contributed by atoms with Crippen molar-refractivity contribution in [1.29, 1.82) is 0 Å². The van der Waals surface area contributed by atoms with Crippen molar-refractivity contribution in [2.24, 2.45) is 5.73 Å². The Kier molecular flexibility index (Phi) is 4.26. The van der Waals surface area contributed by atoms with Crippen LogP contribution in [0, 0.1) is 0 Å². The Labute approximate surface area is 146 Å². The summed E-state index contributed by atoms with van der Waals surface area (Å²) >= 11 is 1.70. The van der Waals surface area contributed by atoms with E-state index in [2.05, 4.69) is 23.5 Å². The third-order valence-electron chi connectivity index (χ3n) is 5.38. The second kappa shape index (κ2) is 6.41. The number of thioether (sulfide) groups is 1. The number of fused-ring (bicyclic) bond motifs is 2. The first-order chi connectivity index (χ1) is 11.6. The molecule has 4 atom stereocenters. The summed E-state index contributed by atoms with van der Waals surface area (Å²) in [4.78, 5) is 27.0. The van der Waals surface area contributed by atoms with Crippen molar-refractivity contribution in [2.75, 3.05) is 5.75 Å². The summed E-state index contributed by atoms with van der Waals surface area (Å²) in [6, 6.07) is 7.54. The van der Waals surface area contributed by atoms with Gasteiger partial charge in [-0.05, 0) is 43.2 Å². The molecule has 0 radical (unpaired) electrons. The lowest BCUT2D eigenvalue weighted by Gasteiger charge is -2.36. The topological polar surface area (TPSA) is 75.4 Å². The minimum absolute atomic E-state index is 0.0332. The smallest absolute Gasteiger partial charge is 0.244 e. The van der Waals surface area contributed by atoms with Crippen LogP contribution in [-0.4, -0.2) is 39.9 Å². The molecule has 2 fully saturated rings. The van der Waals surface area contributed by atoms with Crippen LogP contribution in [0.25, 0.3) is 0 Å². The minimum atomic E-state index is -0.453. The predicted octanol–water partition coefficient (Wildman–Crippen LogP) is 1.57. The van der Waals surface area contributed by atoms with Crippen molar-refractivity contribution in [3.63, 3.8) is 0 Å². The summed E-state index contributed by atoms with van der Waals surface area (Å²) < 4.78 is 0. The molecule has 0 aromatic heterocycles.